The molecule has 0 N–H and O–H groups in total. The Labute approximate surface area is 179 Å². The van der Waals surface area contributed by atoms with Crippen LogP contribution in [0.25, 0.3) is 5.57 Å². The van der Waals surface area contributed by atoms with Gasteiger partial charge in [-0.15, -0.1) is 0 Å². The van der Waals surface area contributed by atoms with E-state index in [0.717, 1.165) is 59.5 Å². The summed E-state index contributed by atoms with van der Waals surface area (Å²) in [5, 5.41) is 0. The molecule has 5 rings (SSSR count). The van der Waals surface area contributed by atoms with Crippen LogP contribution < -0.4 is 4.74 Å². The van der Waals surface area contributed by atoms with Crippen LogP contribution in [0.1, 0.15) is 52.0 Å². The third-order valence-electron chi connectivity index (χ3n) is 6.12. The minimum Gasteiger partial charge on any atom is -0.482 e. The van der Waals surface area contributed by atoms with Gasteiger partial charge in [-0.2, -0.15) is 0 Å². The summed E-state index contributed by atoms with van der Waals surface area (Å²) in [4.78, 5) is 17.0. The summed E-state index contributed by atoms with van der Waals surface area (Å²) in [5.74, 6) is -1.40. The van der Waals surface area contributed by atoms with E-state index in [-0.39, 0.29) is 12.0 Å². The average molecular weight is 417 g/mol. The van der Waals surface area contributed by atoms with Gasteiger partial charge in [0.05, 0.1) is 11.3 Å². The van der Waals surface area contributed by atoms with Crippen LogP contribution in [0.2, 0.25) is 0 Å². The van der Waals surface area contributed by atoms with Crippen LogP contribution in [0.3, 0.4) is 0 Å². The van der Waals surface area contributed by atoms with Crippen LogP contribution in [0.15, 0.2) is 60.8 Å². The molecule has 0 saturated heterocycles. The number of benzene rings is 2. The number of aromatic nitrogens is 1. The van der Waals surface area contributed by atoms with Crippen molar-refractivity contribution in [3.8, 4) is 5.75 Å². The number of para-hydroxylation sites is 1. The lowest BCUT2D eigenvalue weighted by atomic mass is 9.75. The molecule has 5 heteroatoms. The molecule has 0 unspecified atom stereocenters. The average Bonchev–Trinajstić information content (AvgIpc) is 2.73. The van der Waals surface area contributed by atoms with E-state index in [0.29, 0.717) is 5.56 Å². The first-order valence-electron chi connectivity index (χ1n) is 10.4. The number of nitrogens with zero attached hydrogens (tertiary/aromatic N) is 1. The normalized spacial score (nSPS) is 16.2. The summed E-state index contributed by atoms with van der Waals surface area (Å²) >= 11 is 0. The molecular weight excluding hydrogens is 396 g/mol. The van der Waals surface area contributed by atoms with E-state index in [9.17, 15) is 13.6 Å². The Kier molecular flexibility index (Phi) is 4.69. The van der Waals surface area contributed by atoms with Crippen LogP contribution in [0.4, 0.5) is 8.78 Å². The topological polar surface area (TPSA) is 39.2 Å². The molecule has 1 saturated carbocycles. The monoisotopic (exact) mass is 417 g/mol. The van der Waals surface area contributed by atoms with Gasteiger partial charge in [0, 0.05) is 23.8 Å². The molecule has 1 aliphatic heterocycles. The van der Waals surface area contributed by atoms with Gasteiger partial charge in [-0.3, -0.25) is 9.78 Å². The maximum atomic E-state index is 13.9. The second-order valence-electron chi connectivity index (χ2n) is 8.28. The summed E-state index contributed by atoms with van der Waals surface area (Å²) in [6, 6.07) is 13.1. The van der Waals surface area contributed by atoms with Crippen LogP contribution in [0, 0.1) is 18.6 Å². The third-order valence-corrected chi connectivity index (χ3v) is 6.12. The Morgan fingerprint density at radius 3 is 2.45 bits per heavy atom. The number of Topliss-reactive ketones (excluding diaryl/α,β-unsaturated/α-hetero) is 1. The van der Waals surface area contributed by atoms with Crippen molar-refractivity contribution >= 4 is 11.4 Å². The number of ketones is 1. The van der Waals surface area contributed by atoms with E-state index >= 15 is 0 Å². The fourth-order valence-electron chi connectivity index (χ4n) is 4.28. The Bertz CT molecular complexity index is 1190. The molecule has 2 aliphatic rings. The molecular formula is C26H21F2NO2. The van der Waals surface area contributed by atoms with Gasteiger partial charge in [-0.05, 0) is 61.6 Å². The standard InChI is InChI=1S/C26H21F2NO2/c1-16-5-2-6-18-19(14-26(11-4-12-26)31-25(16)18)22-10-9-17(15-29-22)13-23(30)24-20(27)7-3-8-21(24)28/h2-3,5-10,14-15H,4,11-13H2,1H3. The fourth-order valence-corrected chi connectivity index (χ4v) is 4.28. The number of hydrogen-bond donors (Lipinski definition) is 0. The number of hydrogen-bond acceptors (Lipinski definition) is 3. The minimum absolute atomic E-state index is 0.118. The number of ether oxygens (including phenoxy) is 1. The van der Waals surface area contributed by atoms with E-state index < -0.39 is 23.0 Å². The van der Waals surface area contributed by atoms with E-state index in [2.05, 4.69) is 11.1 Å². The van der Waals surface area contributed by atoms with Crippen molar-refractivity contribution in [1.29, 1.82) is 0 Å². The molecule has 2 heterocycles. The smallest absolute Gasteiger partial charge is 0.173 e. The number of fused-ring (bicyclic) bond motifs is 1. The molecule has 1 aliphatic carbocycles. The van der Waals surface area contributed by atoms with Crippen LogP contribution in [-0.2, 0) is 6.42 Å². The second kappa shape index (κ2) is 7.41. The number of carbonyl (C=O) groups excluding carboxylic acids is 1. The molecule has 0 bridgehead atoms. The molecule has 0 radical (unpaired) electrons. The van der Waals surface area contributed by atoms with Gasteiger partial charge < -0.3 is 4.74 Å². The zero-order valence-electron chi connectivity index (χ0n) is 17.1. The lowest BCUT2D eigenvalue weighted by Crippen LogP contribution is -2.43. The Balaban J connectivity index is 1.45. The number of carbonyl (C=O) groups is 1. The van der Waals surface area contributed by atoms with Gasteiger partial charge in [0.25, 0.3) is 0 Å². The van der Waals surface area contributed by atoms with Gasteiger partial charge >= 0.3 is 0 Å². The lowest BCUT2D eigenvalue weighted by Gasteiger charge is -2.43. The lowest BCUT2D eigenvalue weighted by molar-refractivity contribution is 0.0369. The van der Waals surface area contributed by atoms with Crippen molar-refractivity contribution in [2.75, 3.05) is 0 Å². The SMILES string of the molecule is Cc1cccc2c1OC1(C=C2c2ccc(CC(=O)c3c(F)cccc3F)cn2)CCC1. The largest absolute Gasteiger partial charge is 0.482 e. The molecule has 1 fully saturated rings. The Morgan fingerprint density at radius 2 is 1.81 bits per heavy atom. The predicted octanol–water partition coefficient (Wildman–Crippen LogP) is 5.84. The number of pyridine rings is 1. The summed E-state index contributed by atoms with van der Waals surface area (Å²) in [6.45, 7) is 2.04. The van der Waals surface area contributed by atoms with Gasteiger partial charge in [-0.1, -0.05) is 30.3 Å². The van der Waals surface area contributed by atoms with E-state index in [1.54, 1.807) is 12.3 Å². The summed E-state index contributed by atoms with van der Waals surface area (Å²) in [6.07, 6.45) is 6.74. The fraction of sp³-hybridized carbons (Fsp3) is 0.231. The van der Waals surface area contributed by atoms with E-state index in [1.807, 2.05) is 31.2 Å². The molecule has 1 spiro atoms. The Hall–Kier alpha value is -3.34. The van der Waals surface area contributed by atoms with Gasteiger partial charge in [0.2, 0.25) is 0 Å². The highest BCUT2D eigenvalue weighted by Crippen LogP contribution is 2.48. The zero-order chi connectivity index (χ0) is 21.6. The first-order valence-corrected chi connectivity index (χ1v) is 10.4. The van der Waals surface area contributed by atoms with Crippen molar-refractivity contribution in [2.45, 2.75) is 38.2 Å². The zero-order valence-corrected chi connectivity index (χ0v) is 17.1. The third kappa shape index (κ3) is 3.44. The van der Waals surface area contributed by atoms with Crippen molar-refractivity contribution in [2.24, 2.45) is 0 Å². The van der Waals surface area contributed by atoms with Gasteiger partial charge in [0.1, 0.15) is 23.0 Å². The van der Waals surface area contributed by atoms with Crippen LogP contribution >= 0.6 is 0 Å². The van der Waals surface area contributed by atoms with Crippen LogP contribution in [0.5, 0.6) is 5.75 Å². The predicted molar refractivity (Wildman–Crippen MR) is 114 cm³/mol. The van der Waals surface area contributed by atoms with Gasteiger partial charge in [0.15, 0.2) is 5.78 Å². The Morgan fingerprint density at radius 1 is 1.06 bits per heavy atom. The molecule has 3 aromatic rings. The van der Waals surface area contributed by atoms with Crippen molar-refractivity contribution in [1.82, 2.24) is 4.98 Å². The minimum atomic E-state index is -0.847. The quantitative estimate of drug-likeness (QED) is 0.501. The highest BCUT2D eigenvalue weighted by Gasteiger charge is 2.41. The molecule has 2 aromatic carbocycles. The molecule has 3 nitrogen and oxygen atoms in total. The van der Waals surface area contributed by atoms with E-state index in [1.165, 1.54) is 6.07 Å². The highest BCUT2D eigenvalue weighted by molar-refractivity contribution is 5.98. The van der Waals surface area contributed by atoms with Crippen molar-refractivity contribution < 1.29 is 18.3 Å². The first-order chi connectivity index (χ1) is 15.0. The molecule has 31 heavy (non-hydrogen) atoms. The molecule has 1 aromatic heterocycles. The summed E-state index contributed by atoms with van der Waals surface area (Å²) in [5.41, 5.74) is 3.72. The highest BCUT2D eigenvalue weighted by atomic mass is 19.1. The summed E-state index contributed by atoms with van der Waals surface area (Å²) in [7, 11) is 0. The van der Waals surface area contributed by atoms with Crippen molar-refractivity contribution in [3.63, 3.8) is 0 Å². The number of aryl methyl sites for hydroxylation is 1. The van der Waals surface area contributed by atoms with Gasteiger partial charge in [-0.25, -0.2) is 8.78 Å². The maximum Gasteiger partial charge on any atom is 0.173 e. The molecule has 156 valence electrons. The van der Waals surface area contributed by atoms with E-state index in [4.69, 9.17) is 4.74 Å². The molecule has 0 amide bonds. The van der Waals surface area contributed by atoms with Crippen LogP contribution in [-0.4, -0.2) is 16.4 Å². The number of rotatable bonds is 4. The number of halogens is 2. The molecule has 0 atom stereocenters. The van der Waals surface area contributed by atoms with Crippen molar-refractivity contribution in [3.05, 3.63) is 100 Å². The second-order valence-corrected chi connectivity index (χ2v) is 8.28. The summed E-state index contributed by atoms with van der Waals surface area (Å²) < 4.78 is 34.2. The maximum absolute atomic E-state index is 13.9. The first kappa shape index (κ1) is 19.6.